The Bertz CT molecular complexity index is 23.4. The third-order valence-corrected chi connectivity index (χ3v) is 0.831. The van der Waals surface area contributed by atoms with E-state index < -0.39 is 0 Å². The Kier molecular flexibility index (Phi) is 5.87. The summed E-state index contributed by atoms with van der Waals surface area (Å²) in [5, 5.41) is 0. The van der Waals surface area contributed by atoms with Gasteiger partial charge in [-0.15, -0.1) is 0 Å². The van der Waals surface area contributed by atoms with Gasteiger partial charge in [-0.2, -0.15) is 0 Å². The third-order valence-electron chi connectivity index (χ3n) is 0.831. The van der Waals surface area contributed by atoms with E-state index in [0.29, 0.717) is 6.42 Å². The Hall–Kier alpha value is -0.0700. The monoisotopic (exact) mass is 103 g/mol. The normalized spacial score (nSPS) is 9.43. The summed E-state index contributed by atoms with van der Waals surface area (Å²) in [6, 6.07) is 0. The van der Waals surface area contributed by atoms with E-state index in [4.69, 9.17) is 0 Å². The molecule has 43 valence electrons. The Labute approximate surface area is 44.7 Å². The standard InChI is InChI=1S/C6H12F/c1-2-3-4-5-6-7/h3H,2,4-6H2,1H3. The number of hydrogen-bond acceptors (Lipinski definition) is 0. The fraction of sp³-hybridized carbons (Fsp3) is 0.833. The zero-order valence-corrected chi connectivity index (χ0v) is 4.78. The average Bonchev–Trinajstić information content (AvgIpc) is 1.69. The molecule has 0 fully saturated rings. The van der Waals surface area contributed by atoms with Crippen molar-refractivity contribution in [1.29, 1.82) is 0 Å². The van der Waals surface area contributed by atoms with Gasteiger partial charge in [0, 0.05) is 0 Å². The van der Waals surface area contributed by atoms with Crippen molar-refractivity contribution in [3.05, 3.63) is 6.42 Å². The Morgan fingerprint density at radius 2 is 2.29 bits per heavy atom. The first-order valence-electron chi connectivity index (χ1n) is 2.79. The molecule has 0 nitrogen and oxygen atoms in total. The summed E-state index contributed by atoms with van der Waals surface area (Å²) in [4.78, 5) is 0. The molecule has 0 atom stereocenters. The van der Waals surface area contributed by atoms with Crippen molar-refractivity contribution in [2.45, 2.75) is 26.2 Å². The molecule has 0 rings (SSSR count). The molecular formula is C6H12F. The number of rotatable bonds is 4. The zero-order chi connectivity index (χ0) is 5.54. The molecule has 0 aromatic carbocycles. The lowest BCUT2D eigenvalue weighted by molar-refractivity contribution is 0.470. The lowest BCUT2D eigenvalue weighted by atomic mass is 10.2. The highest BCUT2D eigenvalue weighted by Gasteiger charge is 1.82. The molecule has 0 aliphatic heterocycles. The van der Waals surface area contributed by atoms with E-state index in [0.717, 1.165) is 12.8 Å². The second-order valence-electron chi connectivity index (χ2n) is 1.53. The molecule has 0 amide bonds. The first-order chi connectivity index (χ1) is 3.41. The van der Waals surface area contributed by atoms with Crippen molar-refractivity contribution < 1.29 is 4.39 Å². The highest BCUT2D eigenvalue weighted by Crippen LogP contribution is 1.96. The molecule has 0 spiro atoms. The highest BCUT2D eigenvalue weighted by atomic mass is 19.1. The van der Waals surface area contributed by atoms with Crippen molar-refractivity contribution in [2.24, 2.45) is 0 Å². The number of halogens is 1. The van der Waals surface area contributed by atoms with Crippen LogP contribution in [0.5, 0.6) is 0 Å². The summed E-state index contributed by atoms with van der Waals surface area (Å²) in [6.45, 7) is 1.90. The Morgan fingerprint density at radius 3 is 2.71 bits per heavy atom. The molecular weight excluding hydrogens is 91.1 g/mol. The van der Waals surface area contributed by atoms with Crippen molar-refractivity contribution >= 4 is 0 Å². The summed E-state index contributed by atoms with van der Waals surface area (Å²) in [5.74, 6) is 0. The van der Waals surface area contributed by atoms with Crippen LogP contribution in [0.3, 0.4) is 0 Å². The molecule has 0 aliphatic carbocycles. The number of hydrogen-bond donors (Lipinski definition) is 0. The van der Waals surface area contributed by atoms with Gasteiger partial charge in [-0.1, -0.05) is 13.3 Å². The van der Waals surface area contributed by atoms with Gasteiger partial charge >= 0.3 is 0 Å². The van der Waals surface area contributed by atoms with Crippen LogP contribution in [-0.4, -0.2) is 6.67 Å². The van der Waals surface area contributed by atoms with Gasteiger partial charge < -0.3 is 0 Å². The third kappa shape index (κ3) is 5.93. The van der Waals surface area contributed by atoms with E-state index >= 15 is 0 Å². The van der Waals surface area contributed by atoms with E-state index in [1.54, 1.807) is 0 Å². The van der Waals surface area contributed by atoms with Crippen LogP contribution in [0.1, 0.15) is 26.2 Å². The van der Waals surface area contributed by atoms with Crippen LogP contribution in [-0.2, 0) is 0 Å². The molecule has 1 radical (unpaired) electrons. The second-order valence-corrected chi connectivity index (χ2v) is 1.53. The van der Waals surface area contributed by atoms with Crippen LogP contribution in [0.2, 0.25) is 0 Å². The fourth-order valence-electron chi connectivity index (χ4n) is 0.426. The van der Waals surface area contributed by atoms with E-state index in [2.05, 4.69) is 13.3 Å². The summed E-state index contributed by atoms with van der Waals surface area (Å²) in [7, 11) is 0. The maximum absolute atomic E-state index is 11.3. The predicted molar refractivity (Wildman–Crippen MR) is 29.8 cm³/mol. The van der Waals surface area contributed by atoms with Gasteiger partial charge in [-0.25, -0.2) is 0 Å². The molecule has 0 aliphatic rings. The number of alkyl halides is 1. The number of unbranched alkanes of at least 4 members (excludes halogenated alkanes) is 3. The molecule has 0 aromatic heterocycles. The smallest absolute Gasteiger partial charge is 0.0894 e. The molecule has 0 heterocycles. The minimum Gasteiger partial charge on any atom is -0.251 e. The van der Waals surface area contributed by atoms with Crippen LogP contribution in [0.25, 0.3) is 0 Å². The summed E-state index contributed by atoms with van der Waals surface area (Å²) >= 11 is 0. The molecule has 0 N–H and O–H groups in total. The molecule has 0 bridgehead atoms. The van der Waals surface area contributed by atoms with E-state index in [9.17, 15) is 4.39 Å². The highest BCUT2D eigenvalue weighted by molar-refractivity contribution is 4.59. The lowest BCUT2D eigenvalue weighted by Crippen LogP contribution is -1.76. The Morgan fingerprint density at radius 1 is 1.57 bits per heavy atom. The molecule has 1 heteroatoms. The Balaban J connectivity index is 2.45. The fourth-order valence-corrected chi connectivity index (χ4v) is 0.426. The maximum Gasteiger partial charge on any atom is 0.0894 e. The van der Waals surface area contributed by atoms with Crippen molar-refractivity contribution in [3.63, 3.8) is 0 Å². The maximum atomic E-state index is 11.3. The average molecular weight is 103 g/mol. The van der Waals surface area contributed by atoms with Gasteiger partial charge in [0.05, 0.1) is 6.67 Å². The summed E-state index contributed by atoms with van der Waals surface area (Å²) < 4.78 is 11.3. The lowest BCUT2D eigenvalue weighted by Gasteiger charge is -1.88. The second kappa shape index (κ2) is 5.93. The molecule has 7 heavy (non-hydrogen) atoms. The first kappa shape index (κ1) is 6.93. The minimum absolute atomic E-state index is 0.170. The van der Waals surface area contributed by atoms with Crippen LogP contribution < -0.4 is 0 Å². The van der Waals surface area contributed by atoms with E-state index in [-0.39, 0.29) is 6.67 Å². The van der Waals surface area contributed by atoms with Gasteiger partial charge in [0.2, 0.25) is 0 Å². The molecule has 0 saturated carbocycles. The van der Waals surface area contributed by atoms with Crippen LogP contribution >= 0.6 is 0 Å². The topological polar surface area (TPSA) is 0 Å². The quantitative estimate of drug-likeness (QED) is 0.479. The van der Waals surface area contributed by atoms with E-state index in [1.165, 1.54) is 0 Å². The van der Waals surface area contributed by atoms with Crippen molar-refractivity contribution in [1.82, 2.24) is 0 Å². The summed E-state index contributed by atoms with van der Waals surface area (Å²) in [6.07, 6.45) is 4.81. The van der Waals surface area contributed by atoms with Crippen LogP contribution in [0.4, 0.5) is 4.39 Å². The van der Waals surface area contributed by atoms with Crippen molar-refractivity contribution in [3.8, 4) is 0 Å². The van der Waals surface area contributed by atoms with Crippen LogP contribution in [0.15, 0.2) is 0 Å². The van der Waals surface area contributed by atoms with Gasteiger partial charge in [0.15, 0.2) is 0 Å². The van der Waals surface area contributed by atoms with Gasteiger partial charge in [-0.05, 0) is 19.3 Å². The van der Waals surface area contributed by atoms with Crippen LogP contribution in [0, 0.1) is 6.42 Å². The molecule has 0 saturated heterocycles. The predicted octanol–water partition coefficient (Wildman–Crippen LogP) is 2.35. The van der Waals surface area contributed by atoms with Crippen molar-refractivity contribution in [2.75, 3.05) is 6.67 Å². The molecule has 0 aromatic rings. The summed E-state index contributed by atoms with van der Waals surface area (Å²) in [5.41, 5.74) is 0. The first-order valence-corrected chi connectivity index (χ1v) is 2.79. The van der Waals surface area contributed by atoms with Gasteiger partial charge in [0.1, 0.15) is 0 Å². The minimum atomic E-state index is -0.170. The van der Waals surface area contributed by atoms with E-state index in [1.807, 2.05) is 0 Å². The largest absolute Gasteiger partial charge is 0.251 e. The molecule has 0 unspecified atom stereocenters. The van der Waals surface area contributed by atoms with Gasteiger partial charge in [-0.3, -0.25) is 4.39 Å². The zero-order valence-electron chi connectivity index (χ0n) is 4.78. The SMILES string of the molecule is CC[CH]CCCF. The van der Waals surface area contributed by atoms with Gasteiger partial charge in [0.25, 0.3) is 0 Å².